The molecule has 0 fully saturated rings. The Morgan fingerprint density at radius 3 is 2.75 bits per heavy atom. The van der Waals surface area contributed by atoms with E-state index in [-0.39, 0.29) is 12.4 Å². The van der Waals surface area contributed by atoms with Gasteiger partial charge in [0.1, 0.15) is 5.82 Å². The van der Waals surface area contributed by atoms with E-state index in [0.717, 1.165) is 5.56 Å². The van der Waals surface area contributed by atoms with E-state index < -0.39 is 0 Å². The molecule has 1 aromatic heterocycles. The molecule has 0 aliphatic rings. The van der Waals surface area contributed by atoms with Crippen molar-refractivity contribution in [1.82, 2.24) is 9.99 Å². The smallest absolute Gasteiger partial charge is 0.151 e. The third-order valence-electron chi connectivity index (χ3n) is 3.55. The number of hydrazine groups is 1. The van der Waals surface area contributed by atoms with Crippen LogP contribution in [-0.4, -0.2) is 29.9 Å². The van der Waals surface area contributed by atoms with Crippen molar-refractivity contribution < 1.29 is 4.39 Å². The van der Waals surface area contributed by atoms with Crippen LogP contribution in [0.4, 0.5) is 10.2 Å². The SMILES string of the molecule is C#CN(C)N(Cc1ccccc1F)c1ncccc1CCN=CN. The topological polar surface area (TPSA) is 57.8 Å². The summed E-state index contributed by atoms with van der Waals surface area (Å²) in [6, 6.07) is 13.0. The standard InChI is InChI=1S/C18H20FN5/c1-3-23(2)24(13-16-7-4-5-9-17(16)19)18-15(8-6-11-22-18)10-12-21-14-20/h1,4-9,11,14H,10,12-13H2,2H3,(H2,20,21). The van der Waals surface area contributed by atoms with Crippen LogP contribution in [-0.2, 0) is 13.0 Å². The predicted molar refractivity (Wildman–Crippen MR) is 94.7 cm³/mol. The lowest BCUT2D eigenvalue weighted by Gasteiger charge is -2.31. The summed E-state index contributed by atoms with van der Waals surface area (Å²) in [6.45, 7) is 0.819. The Bertz CT molecular complexity index is 738. The second-order valence-electron chi connectivity index (χ2n) is 5.09. The number of rotatable bonds is 7. The molecule has 0 aliphatic heterocycles. The molecule has 0 atom stereocenters. The fraction of sp³-hybridized carbons (Fsp3) is 0.222. The van der Waals surface area contributed by atoms with Crippen molar-refractivity contribution in [3.05, 3.63) is 59.5 Å². The van der Waals surface area contributed by atoms with Crippen molar-refractivity contribution in [2.75, 3.05) is 18.6 Å². The van der Waals surface area contributed by atoms with Crippen LogP contribution in [0.2, 0.25) is 0 Å². The first-order chi connectivity index (χ1) is 11.7. The number of aromatic nitrogens is 1. The number of halogens is 1. The van der Waals surface area contributed by atoms with E-state index >= 15 is 0 Å². The van der Waals surface area contributed by atoms with Crippen molar-refractivity contribution >= 4 is 12.2 Å². The number of anilines is 1. The molecule has 1 heterocycles. The highest BCUT2D eigenvalue weighted by Crippen LogP contribution is 2.22. The molecule has 2 N–H and O–H groups in total. The molecular weight excluding hydrogens is 305 g/mol. The number of pyridine rings is 1. The number of terminal acetylenes is 1. The van der Waals surface area contributed by atoms with Gasteiger partial charge < -0.3 is 5.73 Å². The number of nitrogens with zero attached hydrogens (tertiary/aromatic N) is 4. The first-order valence-electron chi connectivity index (χ1n) is 7.52. The minimum atomic E-state index is -0.280. The van der Waals surface area contributed by atoms with Gasteiger partial charge >= 0.3 is 0 Å². The zero-order valence-electron chi connectivity index (χ0n) is 13.6. The Balaban J connectivity index is 2.35. The number of nitrogens with two attached hydrogens (primary N) is 1. The highest BCUT2D eigenvalue weighted by Gasteiger charge is 2.17. The zero-order valence-corrected chi connectivity index (χ0v) is 13.6. The summed E-state index contributed by atoms with van der Waals surface area (Å²) in [7, 11) is 1.73. The maximum Gasteiger partial charge on any atom is 0.151 e. The second-order valence-corrected chi connectivity index (χ2v) is 5.09. The van der Waals surface area contributed by atoms with Crippen molar-refractivity contribution in [2.24, 2.45) is 10.7 Å². The summed E-state index contributed by atoms with van der Waals surface area (Å²) in [4.78, 5) is 8.46. The molecule has 5 nitrogen and oxygen atoms in total. The van der Waals surface area contributed by atoms with Gasteiger partial charge in [-0.1, -0.05) is 30.7 Å². The Labute approximate surface area is 141 Å². The van der Waals surface area contributed by atoms with E-state index in [4.69, 9.17) is 12.2 Å². The van der Waals surface area contributed by atoms with E-state index in [1.165, 1.54) is 12.4 Å². The van der Waals surface area contributed by atoms with Gasteiger partial charge in [0, 0.05) is 31.4 Å². The van der Waals surface area contributed by atoms with Crippen molar-refractivity contribution in [3.63, 3.8) is 0 Å². The summed E-state index contributed by atoms with van der Waals surface area (Å²) in [6.07, 6.45) is 9.16. The minimum Gasteiger partial charge on any atom is -0.390 e. The Morgan fingerprint density at radius 2 is 2.04 bits per heavy atom. The maximum atomic E-state index is 14.0. The van der Waals surface area contributed by atoms with Crippen molar-refractivity contribution in [2.45, 2.75) is 13.0 Å². The number of hydrogen-bond acceptors (Lipinski definition) is 4. The fourth-order valence-electron chi connectivity index (χ4n) is 2.30. The quantitative estimate of drug-likeness (QED) is 0.279. The van der Waals surface area contributed by atoms with Crippen molar-refractivity contribution in [3.8, 4) is 12.5 Å². The maximum absolute atomic E-state index is 14.0. The van der Waals surface area contributed by atoms with Gasteiger partial charge in [0.15, 0.2) is 5.82 Å². The number of benzene rings is 1. The average molecular weight is 325 g/mol. The van der Waals surface area contributed by atoms with Crippen LogP contribution >= 0.6 is 0 Å². The van der Waals surface area contributed by atoms with Gasteiger partial charge in [-0.05, 0) is 24.1 Å². The molecular formula is C18H20FN5. The molecule has 1 aromatic carbocycles. The lowest BCUT2D eigenvalue weighted by Crippen LogP contribution is -2.37. The first kappa shape index (κ1) is 17.3. The van der Waals surface area contributed by atoms with Gasteiger partial charge in [0.25, 0.3) is 0 Å². The first-order valence-corrected chi connectivity index (χ1v) is 7.52. The molecule has 2 aromatic rings. The highest BCUT2D eigenvalue weighted by atomic mass is 19.1. The molecule has 0 aliphatic carbocycles. The van der Waals surface area contributed by atoms with Crippen LogP contribution in [0.5, 0.6) is 0 Å². The van der Waals surface area contributed by atoms with Gasteiger partial charge in [-0.2, -0.15) is 0 Å². The summed E-state index contributed by atoms with van der Waals surface area (Å²) in [5.41, 5.74) is 6.78. The molecule has 0 bridgehead atoms. The Hall–Kier alpha value is -3.07. The van der Waals surface area contributed by atoms with E-state index in [1.807, 2.05) is 12.1 Å². The predicted octanol–water partition coefficient (Wildman–Crippen LogP) is 2.19. The van der Waals surface area contributed by atoms with E-state index in [2.05, 4.69) is 16.0 Å². The van der Waals surface area contributed by atoms with Crippen LogP contribution in [0.1, 0.15) is 11.1 Å². The largest absolute Gasteiger partial charge is 0.390 e. The van der Waals surface area contributed by atoms with E-state index in [9.17, 15) is 4.39 Å². The second kappa shape index (κ2) is 8.53. The molecule has 6 heteroatoms. The normalized spacial score (nSPS) is 10.5. The molecule has 0 saturated carbocycles. The monoisotopic (exact) mass is 325 g/mol. The number of hydrogen-bond donors (Lipinski definition) is 1. The lowest BCUT2D eigenvalue weighted by atomic mass is 10.1. The van der Waals surface area contributed by atoms with Gasteiger partial charge in [-0.15, -0.1) is 0 Å². The molecule has 2 rings (SSSR count). The minimum absolute atomic E-state index is 0.275. The molecule has 124 valence electrons. The summed E-state index contributed by atoms with van der Waals surface area (Å²) >= 11 is 0. The third kappa shape index (κ3) is 4.23. The summed E-state index contributed by atoms with van der Waals surface area (Å²) in [5.74, 6) is 0.395. The summed E-state index contributed by atoms with van der Waals surface area (Å²) in [5, 5.41) is 3.32. The van der Waals surface area contributed by atoms with Crippen molar-refractivity contribution in [1.29, 1.82) is 0 Å². The zero-order chi connectivity index (χ0) is 17.4. The Kier molecular flexibility index (Phi) is 6.15. The van der Waals surface area contributed by atoms with E-state index in [0.29, 0.717) is 24.3 Å². The van der Waals surface area contributed by atoms with Crippen LogP contribution in [0.3, 0.4) is 0 Å². The Morgan fingerprint density at radius 1 is 1.29 bits per heavy atom. The average Bonchev–Trinajstić information content (AvgIpc) is 2.61. The third-order valence-corrected chi connectivity index (χ3v) is 3.55. The lowest BCUT2D eigenvalue weighted by molar-refractivity contribution is 0.420. The van der Waals surface area contributed by atoms with Gasteiger partial charge in [-0.25, -0.2) is 14.4 Å². The van der Waals surface area contributed by atoms with Gasteiger partial charge in [-0.3, -0.25) is 10.0 Å². The molecule has 0 unspecified atom stereocenters. The molecule has 0 radical (unpaired) electrons. The van der Waals surface area contributed by atoms with E-state index in [1.54, 1.807) is 41.5 Å². The fourth-order valence-corrected chi connectivity index (χ4v) is 2.30. The van der Waals surface area contributed by atoms with Crippen LogP contribution < -0.4 is 10.7 Å². The summed E-state index contributed by atoms with van der Waals surface area (Å²) < 4.78 is 14.0. The van der Waals surface area contributed by atoms with Gasteiger partial charge in [0.05, 0.1) is 12.9 Å². The highest BCUT2D eigenvalue weighted by molar-refractivity contribution is 5.51. The molecule has 24 heavy (non-hydrogen) atoms. The van der Waals surface area contributed by atoms with Crippen LogP contribution in [0.25, 0.3) is 0 Å². The number of aliphatic imine (C=N–C) groups is 1. The molecule has 0 spiro atoms. The van der Waals surface area contributed by atoms with Crippen LogP contribution in [0, 0.1) is 18.3 Å². The van der Waals surface area contributed by atoms with Crippen LogP contribution in [0.15, 0.2) is 47.6 Å². The van der Waals surface area contributed by atoms with Gasteiger partial charge in [0.2, 0.25) is 0 Å². The molecule has 0 saturated heterocycles. The molecule has 0 amide bonds.